The Morgan fingerprint density at radius 1 is 1.32 bits per heavy atom. The molecule has 0 aliphatic carbocycles. The standard InChI is InChI=1S/C15H21N3O/c1-12(14-9-16-18(2)10-14)17-15(11-19)8-13-6-4-3-5-7-13/h3-7,9-10,12,15,17,19H,8,11H2,1-2H3/t12?,15-/m1/s1. The fraction of sp³-hybridized carbons (Fsp3) is 0.400. The smallest absolute Gasteiger partial charge is 0.0588 e. The molecule has 102 valence electrons. The molecule has 0 amide bonds. The average molecular weight is 259 g/mol. The van der Waals surface area contributed by atoms with E-state index in [0.717, 1.165) is 12.0 Å². The summed E-state index contributed by atoms with van der Waals surface area (Å²) in [5.74, 6) is 0. The van der Waals surface area contributed by atoms with Gasteiger partial charge in [-0.3, -0.25) is 4.68 Å². The predicted octanol–water partition coefficient (Wildman–Crippen LogP) is 1.67. The second-order valence-corrected chi connectivity index (χ2v) is 4.90. The molecule has 1 heterocycles. The molecule has 19 heavy (non-hydrogen) atoms. The normalized spacial score (nSPS) is 14.3. The number of hydrogen-bond acceptors (Lipinski definition) is 3. The van der Waals surface area contributed by atoms with Gasteiger partial charge in [-0.15, -0.1) is 0 Å². The monoisotopic (exact) mass is 259 g/mol. The molecule has 0 saturated heterocycles. The summed E-state index contributed by atoms with van der Waals surface area (Å²) in [6.07, 6.45) is 4.67. The van der Waals surface area contributed by atoms with Crippen LogP contribution in [0, 0.1) is 0 Å². The average Bonchev–Trinajstić information content (AvgIpc) is 2.86. The van der Waals surface area contributed by atoms with Crippen molar-refractivity contribution in [1.29, 1.82) is 0 Å². The molecular formula is C15H21N3O. The van der Waals surface area contributed by atoms with Crippen molar-refractivity contribution >= 4 is 0 Å². The van der Waals surface area contributed by atoms with Crippen LogP contribution in [0.25, 0.3) is 0 Å². The van der Waals surface area contributed by atoms with Gasteiger partial charge in [-0.2, -0.15) is 5.10 Å². The molecule has 0 radical (unpaired) electrons. The zero-order valence-electron chi connectivity index (χ0n) is 11.5. The highest BCUT2D eigenvalue weighted by Gasteiger charge is 2.14. The number of aromatic nitrogens is 2. The van der Waals surface area contributed by atoms with E-state index in [-0.39, 0.29) is 18.7 Å². The minimum atomic E-state index is 0.0533. The van der Waals surface area contributed by atoms with E-state index in [9.17, 15) is 5.11 Å². The van der Waals surface area contributed by atoms with E-state index in [0.29, 0.717) is 0 Å². The van der Waals surface area contributed by atoms with Gasteiger partial charge in [0, 0.05) is 30.9 Å². The van der Waals surface area contributed by atoms with Crippen LogP contribution < -0.4 is 5.32 Å². The van der Waals surface area contributed by atoms with E-state index >= 15 is 0 Å². The molecule has 0 aliphatic heterocycles. The van der Waals surface area contributed by atoms with Crippen LogP contribution in [0.15, 0.2) is 42.7 Å². The Hall–Kier alpha value is -1.65. The van der Waals surface area contributed by atoms with Crippen molar-refractivity contribution in [3.8, 4) is 0 Å². The topological polar surface area (TPSA) is 50.1 Å². The zero-order chi connectivity index (χ0) is 13.7. The fourth-order valence-corrected chi connectivity index (χ4v) is 2.19. The van der Waals surface area contributed by atoms with E-state index in [1.165, 1.54) is 5.56 Å². The van der Waals surface area contributed by atoms with E-state index in [1.807, 2.05) is 37.6 Å². The van der Waals surface area contributed by atoms with Crippen molar-refractivity contribution in [2.75, 3.05) is 6.61 Å². The molecular weight excluding hydrogens is 238 g/mol. The van der Waals surface area contributed by atoms with Crippen molar-refractivity contribution in [2.45, 2.75) is 25.4 Å². The highest BCUT2D eigenvalue weighted by Crippen LogP contribution is 2.13. The molecule has 0 saturated carbocycles. The lowest BCUT2D eigenvalue weighted by Gasteiger charge is -2.21. The number of nitrogens with one attached hydrogen (secondary N) is 1. The number of aliphatic hydroxyl groups excluding tert-OH is 1. The molecule has 0 aliphatic rings. The second kappa shape index (κ2) is 6.50. The van der Waals surface area contributed by atoms with Crippen LogP contribution in [0.2, 0.25) is 0 Å². The number of aryl methyl sites for hydroxylation is 1. The lowest BCUT2D eigenvalue weighted by atomic mass is 10.0. The van der Waals surface area contributed by atoms with E-state index in [4.69, 9.17) is 0 Å². The van der Waals surface area contributed by atoms with Crippen molar-refractivity contribution in [3.05, 3.63) is 53.9 Å². The first kappa shape index (κ1) is 13.8. The third-order valence-corrected chi connectivity index (χ3v) is 3.26. The first-order chi connectivity index (χ1) is 9.19. The van der Waals surface area contributed by atoms with Crippen molar-refractivity contribution in [3.63, 3.8) is 0 Å². The van der Waals surface area contributed by atoms with Crippen LogP contribution in [0.5, 0.6) is 0 Å². The van der Waals surface area contributed by atoms with Crippen molar-refractivity contribution in [2.24, 2.45) is 7.05 Å². The van der Waals surface area contributed by atoms with Gasteiger partial charge in [0.1, 0.15) is 0 Å². The van der Waals surface area contributed by atoms with Gasteiger partial charge < -0.3 is 10.4 Å². The maximum Gasteiger partial charge on any atom is 0.0588 e. The summed E-state index contributed by atoms with van der Waals surface area (Å²) in [6.45, 7) is 2.21. The molecule has 0 fully saturated rings. The molecule has 1 aromatic carbocycles. The third-order valence-electron chi connectivity index (χ3n) is 3.26. The molecule has 2 N–H and O–H groups in total. The summed E-state index contributed by atoms with van der Waals surface area (Å²) in [6, 6.07) is 10.4. The van der Waals surface area contributed by atoms with E-state index in [1.54, 1.807) is 4.68 Å². The van der Waals surface area contributed by atoms with Crippen LogP contribution in [-0.4, -0.2) is 27.5 Å². The SMILES string of the molecule is CC(N[C@@H](CO)Cc1ccccc1)c1cnn(C)c1. The highest BCUT2D eigenvalue weighted by atomic mass is 16.3. The molecule has 4 nitrogen and oxygen atoms in total. The van der Waals surface area contributed by atoms with Gasteiger partial charge in [0.2, 0.25) is 0 Å². The number of benzene rings is 1. The molecule has 2 atom stereocenters. The Morgan fingerprint density at radius 3 is 2.63 bits per heavy atom. The fourth-order valence-electron chi connectivity index (χ4n) is 2.19. The second-order valence-electron chi connectivity index (χ2n) is 4.90. The van der Waals surface area contributed by atoms with Crippen molar-refractivity contribution in [1.82, 2.24) is 15.1 Å². The van der Waals surface area contributed by atoms with Gasteiger partial charge in [0.15, 0.2) is 0 Å². The molecule has 0 bridgehead atoms. The van der Waals surface area contributed by atoms with Gasteiger partial charge in [0.05, 0.1) is 12.8 Å². The van der Waals surface area contributed by atoms with Crippen LogP contribution >= 0.6 is 0 Å². The quantitative estimate of drug-likeness (QED) is 0.829. The Labute approximate surface area is 114 Å². The molecule has 0 spiro atoms. The summed E-state index contributed by atoms with van der Waals surface area (Å²) in [5.41, 5.74) is 2.36. The summed E-state index contributed by atoms with van der Waals surface area (Å²) in [4.78, 5) is 0. The molecule has 1 aromatic heterocycles. The van der Waals surface area contributed by atoms with Crippen LogP contribution in [-0.2, 0) is 13.5 Å². The van der Waals surface area contributed by atoms with Gasteiger partial charge >= 0.3 is 0 Å². The zero-order valence-corrected chi connectivity index (χ0v) is 11.5. The summed E-state index contributed by atoms with van der Waals surface area (Å²) in [5, 5.41) is 17.1. The van der Waals surface area contributed by atoms with Crippen LogP contribution in [0.1, 0.15) is 24.1 Å². The number of hydrogen-bond donors (Lipinski definition) is 2. The van der Waals surface area contributed by atoms with Gasteiger partial charge in [-0.1, -0.05) is 30.3 Å². The van der Waals surface area contributed by atoms with Gasteiger partial charge in [-0.05, 0) is 18.9 Å². The van der Waals surface area contributed by atoms with E-state index < -0.39 is 0 Å². The molecule has 1 unspecified atom stereocenters. The highest BCUT2D eigenvalue weighted by molar-refractivity contribution is 5.16. The third kappa shape index (κ3) is 3.91. The lowest BCUT2D eigenvalue weighted by molar-refractivity contribution is 0.232. The van der Waals surface area contributed by atoms with E-state index in [2.05, 4.69) is 29.5 Å². The summed E-state index contributed by atoms with van der Waals surface area (Å²) < 4.78 is 1.79. The Morgan fingerprint density at radius 2 is 2.05 bits per heavy atom. The number of rotatable bonds is 6. The predicted molar refractivity (Wildman–Crippen MR) is 75.8 cm³/mol. The maximum atomic E-state index is 9.51. The largest absolute Gasteiger partial charge is 0.395 e. The first-order valence-corrected chi connectivity index (χ1v) is 6.58. The first-order valence-electron chi connectivity index (χ1n) is 6.58. The van der Waals surface area contributed by atoms with Crippen LogP contribution in [0.3, 0.4) is 0 Å². The summed E-state index contributed by atoms with van der Waals surface area (Å²) in [7, 11) is 1.91. The Bertz CT molecular complexity index is 495. The lowest BCUT2D eigenvalue weighted by Crippen LogP contribution is -2.36. The molecule has 2 aromatic rings. The number of nitrogens with zero attached hydrogens (tertiary/aromatic N) is 2. The minimum Gasteiger partial charge on any atom is -0.395 e. The molecule has 4 heteroatoms. The Kier molecular flexibility index (Phi) is 4.71. The van der Waals surface area contributed by atoms with Crippen molar-refractivity contribution < 1.29 is 5.11 Å². The summed E-state index contributed by atoms with van der Waals surface area (Å²) >= 11 is 0. The maximum absolute atomic E-state index is 9.51. The molecule has 2 rings (SSSR count). The number of aliphatic hydroxyl groups is 1. The Balaban J connectivity index is 1.95. The van der Waals surface area contributed by atoms with Crippen LogP contribution in [0.4, 0.5) is 0 Å². The minimum absolute atomic E-state index is 0.0533. The van der Waals surface area contributed by atoms with Gasteiger partial charge in [-0.25, -0.2) is 0 Å². The van der Waals surface area contributed by atoms with Gasteiger partial charge in [0.25, 0.3) is 0 Å².